The lowest BCUT2D eigenvalue weighted by atomic mass is 9.94. The number of carbonyl (C=O) groups is 2. The van der Waals surface area contributed by atoms with Crippen molar-refractivity contribution in [2.45, 2.75) is 46.0 Å². The smallest absolute Gasteiger partial charge is 0.366 e. The Kier molecular flexibility index (Phi) is 12.3. The number of halogens is 6. The molecule has 0 aliphatic carbocycles. The number of aromatic nitrogens is 3. The lowest BCUT2D eigenvalue weighted by molar-refractivity contribution is -0.142. The highest BCUT2D eigenvalue weighted by Gasteiger charge is 2.37. The van der Waals surface area contributed by atoms with E-state index in [9.17, 15) is 35.9 Å². The zero-order valence-electron chi connectivity index (χ0n) is 26.8. The third-order valence-electron chi connectivity index (χ3n) is 6.48. The standard InChI is InChI=1S/C32H27F6N5O2.C4H6/c1-31(2,3)9-8-20-16-43(42-29(20)32(36,37)38)17-27(44)41-26(13-18-11-21(33)15-22(34)12-18)28-23(5-4-10-40-28)19-6-7-25(35)24(14-19)30(39)45;1-3-4-2/h4-7,10-12,14-16,26H,13,17H2,1-3H3,(H2,39,45)(H,41,44);3-4H,1-2H2. The number of pyridine rings is 1. The fourth-order valence-corrected chi connectivity index (χ4v) is 4.45. The average Bonchev–Trinajstić information content (AvgIpc) is 3.42. The van der Waals surface area contributed by atoms with Gasteiger partial charge >= 0.3 is 6.18 Å². The number of amides is 2. The molecule has 0 aliphatic heterocycles. The van der Waals surface area contributed by atoms with Crippen molar-refractivity contribution < 1.29 is 35.9 Å². The first-order valence-corrected chi connectivity index (χ1v) is 14.6. The van der Waals surface area contributed by atoms with Gasteiger partial charge in [0.15, 0.2) is 5.69 Å². The van der Waals surface area contributed by atoms with Gasteiger partial charge in [-0.3, -0.25) is 19.3 Å². The quantitative estimate of drug-likeness (QED) is 0.110. The van der Waals surface area contributed by atoms with Crippen LogP contribution in [0.25, 0.3) is 11.1 Å². The molecular weight excluding hydrogens is 648 g/mol. The normalized spacial score (nSPS) is 11.7. The van der Waals surface area contributed by atoms with E-state index >= 15 is 0 Å². The van der Waals surface area contributed by atoms with E-state index in [4.69, 9.17) is 5.73 Å². The summed E-state index contributed by atoms with van der Waals surface area (Å²) in [7, 11) is 0. The van der Waals surface area contributed by atoms with Crippen LogP contribution in [0.4, 0.5) is 26.3 Å². The molecule has 2 amide bonds. The number of rotatable bonds is 9. The van der Waals surface area contributed by atoms with Gasteiger partial charge in [0, 0.05) is 29.4 Å². The van der Waals surface area contributed by atoms with Gasteiger partial charge in [-0.1, -0.05) is 49.3 Å². The van der Waals surface area contributed by atoms with E-state index in [0.29, 0.717) is 17.2 Å². The van der Waals surface area contributed by atoms with Crippen molar-refractivity contribution in [3.05, 3.63) is 132 Å². The number of alkyl halides is 3. The van der Waals surface area contributed by atoms with E-state index in [0.717, 1.165) is 29.1 Å². The van der Waals surface area contributed by atoms with Gasteiger partial charge < -0.3 is 11.1 Å². The molecule has 4 rings (SSSR count). The summed E-state index contributed by atoms with van der Waals surface area (Å²) < 4.78 is 84.3. The summed E-state index contributed by atoms with van der Waals surface area (Å²) in [4.78, 5) is 29.4. The minimum Gasteiger partial charge on any atom is -0.366 e. The van der Waals surface area contributed by atoms with E-state index in [1.54, 1.807) is 39.0 Å². The molecule has 0 aliphatic rings. The number of carbonyl (C=O) groups excluding carboxylic acids is 2. The van der Waals surface area contributed by atoms with Crippen LogP contribution >= 0.6 is 0 Å². The zero-order chi connectivity index (χ0) is 36.5. The van der Waals surface area contributed by atoms with Crippen LogP contribution in [0.1, 0.15) is 59.7 Å². The molecule has 7 nitrogen and oxygen atoms in total. The monoisotopic (exact) mass is 681 g/mol. The van der Waals surface area contributed by atoms with Gasteiger partial charge in [-0.15, -0.1) is 0 Å². The summed E-state index contributed by atoms with van der Waals surface area (Å²) in [5.74, 6) is 0.756. The number of benzene rings is 2. The van der Waals surface area contributed by atoms with Gasteiger partial charge in [-0.05, 0) is 68.7 Å². The summed E-state index contributed by atoms with van der Waals surface area (Å²) in [6, 6.07) is 8.35. The second kappa shape index (κ2) is 16.0. The van der Waals surface area contributed by atoms with Crippen LogP contribution in [0.5, 0.6) is 0 Å². The van der Waals surface area contributed by atoms with Gasteiger partial charge in [0.25, 0.3) is 5.91 Å². The molecule has 4 aromatic rings. The second-order valence-corrected chi connectivity index (χ2v) is 11.7. The highest BCUT2D eigenvalue weighted by molar-refractivity contribution is 5.94. The summed E-state index contributed by atoms with van der Waals surface area (Å²) >= 11 is 0. The van der Waals surface area contributed by atoms with Crippen molar-refractivity contribution in [2.24, 2.45) is 11.1 Å². The molecule has 2 aromatic heterocycles. The van der Waals surface area contributed by atoms with Crippen molar-refractivity contribution >= 4 is 11.8 Å². The largest absolute Gasteiger partial charge is 0.436 e. The minimum atomic E-state index is -4.84. The van der Waals surface area contributed by atoms with Crippen LogP contribution in [0.15, 0.2) is 86.2 Å². The summed E-state index contributed by atoms with van der Waals surface area (Å²) in [5.41, 5.74) is 3.53. The summed E-state index contributed by atoms with van der Waals surface area (Å²) in [5, 5.41) is 6.20. The van der Waals surface area contributed by atoms with Crippen molar-refractivity contribution in [3.8, 4) is 23.0 Å². The van der Waals surface area contributed by atoms with Gasteiger partial charge in [0.05, 0.1) is 22.9 Å². The Morgan fingerprint density at radius 3 is 2.24 bits per heavy atom. The highest BCUT2D eigenvalue weighted by Crippen LogP contribution is 2.32. The lowest BCUT2D eigenvalue weighted by Gasteiger charge is -2.22. The van der Waals surface area contributed by atoms with Gasteiger partial charge in [0.1, 0.15) is 24.0 Å². The Balaban J connectivity index is 0.00000154. The van der Waals surface area contributed by atoms with Crippen molar-refractivity contribution in [1.29, 1.82) is 0 Å². The fraction of sp³-hybridized carbons (Fsp3) is 0.222. The maximum Gasteiger partial charge on any atom is 0.436 e. The third-order valence-corrected chi connectivity index (χ3v) is 6.48. The number of nitrogens with zero attached hydrogens (tertiary/aromatic N) is 3. The molecule has 0 bridgehead atoms. The minimum absolute atomic E-state index is 0.129. The molecule has 0 fully saturated rings. The van der Waals surface area contributed by atoms with Crippen LogP contribution in [-0.4, -0.2) is 26.6 Å². The maximum absolute atomic E-state index is 14.2. The summed E-state index contributed by atoms with van der Waals surface area (Å²) in [6.07, 6.45) is 0.624. The van der Waals surface area contributed by atoms with Gasteiger partial charge in [0.2, 0.25) is 5.91 Å². The van der Waals surface area contributed by atoms with Crippen LogP contribution in [0.2, 0.25) is 0 Å². The molecule has 256 valence electrons. The van der Waals surface area contributed by atoms with Crippen LogP contribution in [0, 0.1) is 34.7 Å². The van der Waals surface area contributed by atoms with Crippen molar-refractivity contribution in [2.75, 3.05) is 0 Å². The predicted molar refractivity (Wildman–Crippen MR) is 173 cm³/mol. The average molecular weight is 682 g/mol. The van der Waals surface area contributed by atoms with E-state index in [2.05, 4.69) is 40.4 Å². The second-order valence-electron chi connectivity index (χ2n) is 11.7. The first-order chi connectivity index (χ1) is 22.9. The molecule has 2 heterocycles. The Morgan fingerprint density at radius 1 is 1.02 bits per heavy atom. The molecule has 3 N–H and O–H groups in total. The predicted octanol–water partition coefficient (Wildman–Crippen LogP) is 7.34. The van der Waals surface area contributed by atoms with Crippen LogP contribution < -0.4 is 11.1 Å². The van der Waals surface area contributed by atoms with Gasteiger partial charge in [-0.2, -0.15) is 18.3 Å². The Morgan fingerprint density at radius 2 is 1.67 bits per heavy atom. The molecule has 0 saturated carbocycles. The van der Waals surface area contributed by atoms with Crippen LogP contribution in [-0.2, 0) is 23.9 Å². The first-order valence-electron chi connectivity index (χ1n) is 14.6. The van der Waals surface area contributed by atoms with E-state index in [1.807, 2.05) is 0 Å². The fourth-order valence-electron chi connectivity index (χ4n) is 4.45. The molecule has 2 aromatic carbocycles. The number of hydrogen-bond donors (Lipinski definition) is 2. The number of allylic oxidation sites excluding steroid dienone is 2. The highest BCUT2D eigenvalue weighted by atomic mass is 19.4. The Hall–Kier alpha value is -5.64. The maximum atomic E-state index is 14.2. The molecule has 0 saturated heterocycles. The Bertz CT molecular complexity index is 1890. The van der Waals surface area contributed by atoms with Crippen molar-refractivity contribution in [1.82, 2.24) is 20.1 Å². The van der Waals surface area contributed by atoms with E-state index in [1.165, 1.54) is 24.4 Å². The van der Waals surface area contributed by atoms with Crippen LogP contribution in [0.3, 0.4) is 0 Å². The van der Waals surface area contributed by atoms with E-state index < -0.39 is 70.3 Å². The summed E-state index contributed by atoms with van der Waals surface area (Å²) in [6.45, 7) is 11.2. The number of primary amides is 1. The zero-order valence-corrected chi connectivity index (χ0v) is 26.8. The molecule has 13 heteroatoms. The molecule has 1 atom stereocenters. The first kappa shape index (κ1) is 37.8. The number of nitrogens with one attached hydrogen (secondary N) is 1. The molecular formula is C36H33F6N5O2. The molecule has 0 radical (unpaired) electrons. The Labute approximate surface area is 279 Å². The molecule has 49 heavy (non-hydrogen) atoms. The molecule has 1 unspecified atom stereocenters. The topological polar surface area (TPSA) is 103 Å². The lowest BCUT2D eigenvalue weighted by Crippen LogP contribution is -2.34. The number of hydrogen-bond acceptors (Lipinski definition) is 4. The van der Waals surface area contributed by atoms with Crippen molar-refractivity contribution in [3.63, 3.8) is 0 Å². The third kappa shape index (κ3) is 11.0. The molecule has 0 spiro atoms. The number of nitrogens with two attached hydrogens (primary N) is 1. The SMILES string of the molecule is C=CC=C.CC(C)(C)C#Cc1cn(CC(=O)NC(Cc2cc(F)cc(F)c2)c2ncccc2-c2ccc(F)c(C(N)=O)c2)nc1C(F)(F)F. The van der Waals surface area contributed by atoms with E-state index in [-0.39, 0.29) is 17.7 Å². The van der Waals surface area contributed by atoms with Gasteiger partial charge in [-0.25, -0.2) is 13.2 Å².